The van der Waals surface area contributed by atoms with Crippen LogP contribution in [0.3, 0.4) is 0 Å². The lowest BCUT2D eigenvalue weighted by Gasteiger charge is -2.14. The third-order valence-electron chi connectivity index (χ3n) is 14.9. The highest BCUT2D eigenvalue weighted by Crippen LogP contribution is 2.40. The summed E-state index contributed by atoms with van der Waals surface area (Å²) in [5, 5.41) is 12.1. The molecule has 74 heavy (non-hydrogen) atoms. The minimum atomic E-state index is 0.599. The van der Waals surface area contributed by atoms with E-state index in [1.165, 1.54) is 65.1 Å². The standard InChI is InChI=1S/C69H43N5/c1-3-17-44(18-4-1)46-35-38-65-62(41-46)59-30-12-14-32-64(59)74(65)52-24-16-21-49(40-52)68-70-67(71-69(72-68)50-34-36-57-55-27-8-7-25-53(55)54-26-9-10-28-56(54)61(57)42-50)48-20-15-19-45(39-48)47-33-37-60-58-29-11-13-31-63(58)73(66(60)43-47)51-22-5-2-6-23-51/h1-43H. The van der Waals surface area contributed by atoms with Crippen molar-refractivity contribution in [3.8, 4) is 67.8 Å². The predicted octanol–water partition coefficient (Wildman–Crippen LogP) is 17.9. The average Bonchev–Trinajstić information content (AvgIpc) is 4.00. The molecular formula is C69H43N5. The fraction of sp³-hybridized carbons (Fsp3) is 0. The van der Waals surface area contributed by atoms with Crippen LogP contribution in [0.25, 0.3) is 144 Å². The van der Waals surface area contributed by atoms with Gasteiger partial charge in [-0.3, -0.25) is 0 Å². The highest BCUT2D eigenvalue weighted by molar-refractivity contribution is 6.25. The van der Waals surface area contributed by atoms with Crippen LogP contribution in [-0.4, -0.2) is 24.1 Å². The van der Waals surface area contributed by atoms with Gasteiger partial charge in [0.05, 0.1) is 22.1 Å². The molecule has 15 rings (SSSR count). The van der Waals surface area contributed by atoms with Gasteiger partial charge in [-0.1, -0.05) is 194 Å². The average molecular weight is 942 g/mol. The summed E-state index contributed by atoms with van der Waals surface area (Å²) in [6.45, 7) is 0. The van der Waals surface area contributed by atoms with Gasteiger partial charge in [0, 0.05) is 49.6 Å². The van der Waals surface area contributed by atoms with E-state index < -0.39 is 0 Å². The van der Waals surface area contributed by atoms with Crippen LogP contribution in [0, 0.1) is 0 Å². The Balaban J connectivity index is 0.911. The first-order valence-electron chi connectivity index (χ1n) is 25.2. The van der Waals surface area contributed by atoms with Crippen LogP contribution in [-0.2, 0) is 0 Å². The number of hydrogen-bond acceptors (Lipinski definition) is 3. The molecule has 12 aromatic carbocycles. The number of para-hydroxylation sites is 3. The predicted molar refractivity (Wildman–Crippen MR) is 308 cm³/mol. The van der Waals surface area contributed by atoms with Crippen LogP contribution in [0.4, 0.5) is 0 Å². The second kappa shape index (κ2) is 16.8. The summed E-state index contributed by atoms with van der Waals surface area (Å²) in [6.07, 6.45) is 0. The Morgan fingerprint density at radius 3 is 1.24 bits per heavy atom. The molecule has 0 amide bonds. The van der Waals surface area contributed by atoms with Gasteiger partial charge in [-0.2, -0.15) is 0 Å². The molecule has 0 N–H and O–H groups in total. The maximum atomic E-state index is 5.38. The van der Waals surface area contributed by atoms with Gasteiger partial charge in [0.2, 0.25) is 0 Å². The smallest absolute Gasteiger partial charge is 0.164 e. The van der Waals surface area contributed by atoms with Crippen molar-refractivity contribution >= 4 is 75.9 Å². The summed E-state index contributed by atoms with van der Waals surface area (Å²) in [6, 6.07) is 93.5. The zero-order valence-electron chi connectivity index (χ0n) is 40.1. The molecule has 3 aromatic heterocycles. The molecule has 0 aliphatic carbocycles. The van der Waals surface area contributed by atoms with E-state index in [1.54, 1.807) is 0 Å². The van der Waals surface area contributed by atoms with Gasteiger partial charge in [0.1, 0.15) is 0 Å². The molecular weight excluding hydrogens is 899 g/mol. The van der Waals surface area contributed by atoms with Gasteiger partial charge in [0.25, 0.3) is 0 Å². The summed E-state index contributed by atoms with van der Waals surface area (Å²) >= 11 is 0. The van der Waals surface area contributed by atoms with E-state index in [1.807, 2.05) is 0 Å². The molecule has 0 saturated carbocycles. The van der Waals surface area contributed by atoms with Gasteiger partial charge in [-0.15, -0.1) is 0 Å². The Labute approximate surface area is 426 Å². The van der Waals surface area contributed by atoms with Crippen molar-refractivity contribution in [2.24, 2.45) is 0 Å². The molecule has 0 aliphatic rings. The minimum absolute atomic E-state index is 0.599. The number of fused-ring (bicyclic) bond motifs is 12. The quantitative estimate of drug-likeness (QED) is 0.150. The summed E-state index contributed by atoms with van der Waals surface area (Å²) in [7, 11) is 0. The van der Waals surface area contributed by atoms with Crippen molar-refractivity contribution in [1.29, 1.82) is 0 Å². The molecule has 344 valence electrons. The molecule has 5 nitrogen and oxygen atoms in total. The van der Waals surface area contributed by atoms with Crippen molar-refractivity contribution in [2.45, 2.75) is 0 Å². The summed E-state index contributed by atoms with van der Waals surface area (Å²) < 4.78 is 4.73. The molecule has 0 aliphatic heterocycles. The lowest BCUT2D eigenvalue weighted by molar-refractivity contribution is 1.07. The number of aromatic nitrogens is 5. The van der Waals surface area contributed by atoms with Crippen molar-refractivity contribution in [1.82, 2.24) is 24.1 Å². The third-order valence-corrected chi connectivity index (χ3v) is 14.9. The molecule has 0 spiro atoms. The molecule has 3 heterocycles. The molecule has 5 heteroatoms. The van der Waals surface area contributed by atoms with E-state index in [0.29, 0.717) is 17.5 Å². The summed E-state index contributed by atoms with van der Waals surface area (Å²) in [5.41, 5.74) is 14.0. The monoisotopic (exact) mass is 941 g/mol. The lowest BCUT2D eigenvalue weighted by Crippen LogP contribution is -2.01. The largest absolute Gasteiger partial charge is 0.309 e. The fourth-order valence-electron chi connectivity index (χ4n) is 11.5. The van der Waals surface area contributed by atoms with Crippen LogP contribution in [0.15, 0.2) is 261 Å². The van der Waals surface area contributed by atoms with Crippen LogP contribution >= 0.6 is 0 Å². The SMILES string of the molecule is c1ccc(-c2ccc3c(c2)c2ccccc2n3-c2cccc(-c3nc(-c4cccc(-c5ccc6c7ccccc7n(-c7ccccc7)c6c5)c4)nc(-c4ccc5c6ccccc6c6ccccc6c5c4)n3)c2)cc1. The Hall–Kier alpha value is -9.97. The molecule has 15 aromatic rings. The maximum absolute atomic E-state index is 5.38. The second-order valence-electron chi connectivity index (χ2n) is 19.2. The second-order valence-corrected chi connectivity index (χ2v) is 19.2. The fourth-order valence-corrected chi connectivity index (χ4v) is 11.5. The highest BCUT2D eigenvalue weighted by Gasteiger charge is 2.19. The van der Waals surface area contributed by atoms with Crippen LogP contribution < -0.4 is 0 Å². The molecule has 0 atom stereocenters. The molecule has 0 unspecified atom stereocenters. The Morgan fingerprint density at radius 2 is 0.568 bits per heavy atom. The van der Waals surface area contributed by atoms with Crippen molar-refractivity contribution in [2.75, 3.05) is 0 Å². The van der Waals surface area contributed by atoms with E-state index in [2.05, 4.69) is 270 Å². The van der Waals surface area contributed by atoms with Crippen molar-refractivity contribution in [3.05, 3.63) is 261 Å². The normalized spacial score (nSPS) is 11.8. The Bertz CT molecular complexity index is 4690. The zero-order valence-corrected chi connectivity index (χ0v) is 40.1. The highest BCUT2D eigenvalue weighted by atomic mass is 15.0. The Morgan fingerprint density at radius 1 is 0.189 bits per heavy atom. The molecule has 0 saturated heterocycles. The first-order chi connectivity index (χ1) is 36.7. The van der Waals surface area contributed by atoms with E-state index in [-0.39, 0.29) is 0 Å². The first kappa shape index (κ1) is 41.8. The molecule has 0 fully saturated rings. The van der Waals surface area contributed by atoms with Gasteiger partial charge >= 0.3 is 0 Å². The van der Waals surface area contributed by atoms with Crippen molar-refractivity contribution < 1.29 is 0 Å². The van der Waals surface area contributed by atoms with E-state index in [9.17, 15) is 0 Å². The maximum Gasteiger partial charge on any atom is 0.164 e. The van der Waals surface area contributed by atoms with E-state index in [0.717, 1.165) is 61.1 Å². The first-order valence-corrected chi connectivity index (χ1v) is 25.2. The van der Waals surface area contributed by atoms with E-state index in [4.69, 9.17) is 15.0 Å². The van der Waals surface area contributed by atoms with Crippen molar-refractivity contribution in [3.63, 3.8) is 0 Å². The number of nitrogens with zero attached hydrogens (tertiary/aromatic N) is 5. The topological polar surface area (TPSA) is 48.5 Å². The summed E-state index contributed by atoms with van der Waals surface area (Å²) in [4.78, 5) is 16.1. The number of hydrogen-bond donors (Lipinski definition) is 0. The third kappa shape index (κ3) is 6.75. The summed E-state index contributed by atoms with van der Waals surface area (Å²) in [5.74, 6) is 1.81. The Kier molecular flexibility index (Phi) is 9.50. The molecule has 0 bridgehead atoms. The van der Waals surface area contributed by atoms with Crippen LogP contribution in [0.2, 0.25) is 0 Å². The van der Waals surface area contributed by atoms with Crippen LogP contribution in [0.5, 0.6) is 0 Å². The van der Waals surface area contributed by atoms with Gasteiger partial charge in [0.15, 0.2) is 17.5 Å². The van der Waals surface area contributed by atoms with Gasteiger partial charge in [-0.05, 0) is 121 Å². The van der Waals surface area contributed by atoms with Gasteiger partial charge < -0.3 is 9.13 Å². The van der Waals surface area contributed by atoms with Gasteiger partial charge in [-0.25, -0.2) is 15.0 Å². The zero-order chi connectivity index (χ0) is 48.7. The lowest BCUT2D eigenvalue weighted by atomic mass is 9.93. The minimum Gasteiger partial charge on any atom is -0.309 e. The van der Waals surface area contributed by atoms with Crippen LogP contribution in [0.1, 0.15) is 0 Å². The number of rotatable bonds is 7. The number of benzene rings is 12. The van der Waals surface area contributed by atoms with E-state index >= 15 is 0 Å². The molecule has 0 radical (unpaired) electrons.